The molecule has 1 aromatic heterocycles. The molecule has 2 aromatic rings. The number of nitrogens with two attached hydrogens (primary N) is 1. The number of hydrogen-bond donors (Lipinski definition) is 2. The number of aryl methyl sites for hydroxylation is 1. The Morgan fingerprint density at radius 1 is 1.41 bits per heavy atom. The van der Waals surface area contributed by atoms with Gasteiger partial charge < -0.3 is 15.8 Å². The molecule has 0 saturated carbocycles. The molecule has 0 fully saturated rings. The lowest BCUT2D eigenvalue weighted by Crippen LogP contribution is -2.02. The Morgan fingerprint density at radius 2 is 2.24 bits per heavy atom. The van der Waals surface area contributed by atoms with Crippen LogP contribution in [0.3, 0.4) is 0 Å². The van der Waals surface area contributed by atoms with Crippen molar-refractivity contribution in [1.29, 1.82) is 0 Å². The lowest BCUT2D eigenvalue weighted by Gasteiger charge is -2.08. The highest BCUT2D eigenvalue weighted by molar-refractivity contribution is 5.61. The van der Waals surface area contributed by atoms with E-state index in [0.717, 1.165) is 11.4 Å². The molecule has 5 nitrogen and oxygen atoms in total. The molecule has 5 heteroatoms. The van der Waals surface area contributed by atoms with Crippen molar-refractivity contribution in [2.75, 3.05) is 18.2 Å². The van der Waals surface area contributed by atoms with Crippen LogP contribution in [0.15, 0.2) is 30.5 Å². The quantitative estimate of drug-likeness (QED) is 0.786. The van der Waals surface area contributed by atoms with Gasteiger partial charge >= 0.3 is 0 Å². The first-order valence-corrected chi connectivity index (χ1v) is 5.35. The van der Waals surface area contributed by atoms with Crippen LogP contribution in [0.4, 0.5) is 11.4 Å². The number of hydrogen-bond acceptors (Lipinski definition) is 4. The van der Waals surface area contributed by atoms with E-state index in [1.165, 1.54) is 0 Å². The minimum absolute atomic E-state index is 0.635. The Labute approximate surface area is 100 Å². The van der Waals surface area contributed by atoms with Crippen molar-refractivity contribution in [3.63, 3.8) is 0 Å². The van der Waals surface area contributed by atoms with E-state index in [4.69, 9.17) is 10.5 Å². The SMILES string of the molecule is COc1cc(NCc2ccn(C)n2)ccc1N. The van der Waals surface area contributed by atoms with Crippen LogP contribution >= 0.6 is 0 Å². The van der Waals surface area contributed by atoms with Gasteiger partial charge in [-0.2, -0.15) is 5.10 Å². The van der Waals surface area contributed by atoms with Gasteiger partial charge in [0.2, 0.25) is 0 Å². The first kappa shape index (κ1) is 11.3. The molecule has 2 rings (SSSR count). The summed E-state index contributed by atoms with van der Waals surface area (Å²) in [5, 5.41) is 7.55. The monoisotopic (exact) mass is 232 g/mol. The van der Waals surface area contributed by atoms with Crippen LogP contribution in [0.5, 0.6) is 5.75 Å². The Balaban J connectivity index is 2.04. The summed E-state index contributed by atoms with van der Waals surface area (Å²) in [7, 11) is 3.50. The molecule has 0 unspecified atom stereocenters. The van der Waals surface area contributed by atoms with E-state index in [2.05, 4.69) is 10.4 Å². The van der Waals surface area contributed by atoms with E-state index >= 15 is 0 Å². The highest BCUT2D eigenvalue weighted by Crippen LogP contribution is 2.25. The molecule has 17 heavy (non-hydrogen) atoms. The zero-order valence-corrected chi connectivity index (χ0v) is 9.97. The molecule has 0 bridgehead atoms. The van der Waals surface area contributed by atoms with Gasteiger partial charge in [0.1, 0.15) is 5.75 Å². The largest absolute Gasteiger partial charge is 0.495 e. The number of nitrogen functional groups attached to an aromatic ring is 1. The minimum atomic E-state index is 0.635. The fraction of sp³-hybridized carbons (Fsp3) is 0.250. The van der Waals surface area contributed by atoms with Gasteiger partial charge in [-0.3, -0.25) is 4.68 Å². The van der Waals surface area contributed by atoms with Crippen LogP contribution in [0.2, 0.25) is 0 Å². The number of benzene rings is 1. The molecule has 0 atom stereocenters. The van der Waals surface area contributed by atoms with Gasteiger partial charge in [0, 0.05) is 25.0 Å². The van der Waals surface area contributed by atoms with Gasteiger partial charge in [0.25, 0.3) is 0 Å². The molecule has 3 N–H and O–H groups in total. The summed E-state index contributed by atoms with van der Waals surface area (Å²) >= 11 is 0. The van der Waals surface area contributed by atoms with Crippen LogP contribution in [0, 0.1) is 0 Å². The number of nitrogens with one attached hydrogen (secondary N) is 1. The van der Waals surface area contributed by atoms with Crippen molar-refractivity contribution < 1.29 is 4.74 Å². The third-order valence-electron chi connectivity index (χ3n) is 2.48. The first-order valence-electron chi connectivity index (χ1n) is 5.35. The molecule has 0 aliphatic carbocycles. The second-order valence-electron chi connectivity index (χ2n) is 3.79. The predicted octanol–water partition coefficient (Wildman–Crippen LogP) is 1.62. The summed E-state index contributed by atoms with van der Waals surface area (Å²) in [4.78, 5) is 0. The fourth-order valence-electron chi connectivity index (χ4n) is 1.57. The van der Waals surface area contributed by atoms with E-state index in [1.54, 1.807) is 11.8 Å². The molecule has 0 aliphatic heterocycles. The Kier molecular flexibility index (Phi) is 3.18. The summed E-state index contributed by atoms with van der Waals surface area (Å²) in [6.45, 7) is 0.675. The van der Waals surface area contributed by atoms with Gasteiger partial charge in [-0.25, -0.2) is 0 Å². The van der Waals surface area contributed by atoms with E-state index in [0.29, 0.717) is 18.0 Å². The van der Waals surface area contributed by atoms with E-state index in [9.17, 15) is 0 Å². The fourth-order valence-corrected chi connectivity index (χ4v) is 1.57. The zero-order valence-electron chi connectivity index (χ0n) is 9.97. The van der Waals surface area contributed by atoms with Crippen molar-refractivity contribution >= 4 is 11.4 Å². The summed E-state index contributed by atoms with van der Waals surface area (Å²) in [6.07, 6.45) is 1.92. The van der Waals surface area contributed by atoms with Crippen LogP contribution in [0.1, 0.15) is 5.69 Å². The molecule has 0 spiro atoms. The lowest BCUT2D eigenvalue weighted by atomic mass is 10.2. The second kappa shape index (κ2) is 4.78. The molecule has 90 valence electrons. The summed E-state index contributed by atoms with van der Waals surface area (Å²) in [5.74, 6) is 0.677. The molecule has 0 aliphatic rings. The Bertz CT molecular complexity index is 507. The Morgan fingerprint density at radius 3 is 2.88 bits per heavy atom. The maximum atomic E-state index is 5.74. The highest BCUT2D eigenvalue weighted by atomic mass is 16.5. The smallest absolute Gasteiger partial charge is 0.143 e. The van der Waals surface area contributed by atoms with Gasteiger partial charge in [-0.15, -0.1) is 0 Å². The van der Waals surface area contributed by atoms with Gasteiger partial charge in [0.05, 0.1) is 25.0 Å². The molecule has 0 amide bonds. The van der Waals surface area contributed by atoms with E-state index in [-0.39, 0.29) is 0 Å². The first-order chi connectivity index (χ1) is 8.19. The lowest BCUT2D eigenvalue weighted by molar-refractivity contribution is 0.417. The van der Waals surface area contributed by atoms with Crippen LogP contribution in [-0.4, -0.2) is 16.9 Å². The number of nitrogens with zero attached hydrogens (tertiary/aromatic N) is 2. The third kappa shape index (κ3) is 2.69. The maximum Gasteiger partial charge on any atom is 0.143 e. The standard InChI is InChI=1S/C12H16N4O/c1-16-6-5-10(15-16)8-14-9-3-4-11(13)12(7-9)17-2/h3-7,14H,8,13H2,1-2H3. The van der Waals surface area contributed by atoms with Gasteiger partial charge in [0.15, 0.2) is 0 Å². The van der Waals surface area contributed by atoms with Crippen LogP contribution in [-0.2, 0) is 13.6 Å². The highest BCUT2D eigenvalue weighted by Gasteiger charge is 2.01. The van der Waals surface area contributed by atoms with Crippen LogP contribution in [0.25, 0.3) is 0 Å². The third-order valence-corrected chi connectivity index (χ3v) is 2.48. The van der Waals surface area contributed by atoms with Crippen molar-refractivity contribution in [2.24, 2.45) is 7.05 Å². The molecule has 1 aromatic carbocycles. The normalized spacial score (nSPS) is 10.2. The van der Waals surface area contributed by atoms with Crippen molar-refractivity contribution in [3.8, 4) is 5.75 Å². The molecular formula is C12H16N4O. The summed E-state index contributed by atoms with van der Waals surface area (Å²) in [6, 6.07) is 7.58. The van der Waals surface area contributed by atoms with Crippen molar-refractivity contribution in [1.82, 2.24) is 9.78 Å². The topological polar surface area (TPSA) is 65.1 Å². The average Bonchev–Trinajstić information content (AvgIpc) is 2.74. The van der Waals surface area contributed by atoms with Gasteiger partial charge in [-0.1, -0.05) is 0 Å². The molecule has 0 saturated heterocycles. The Hall–Kier alpha value is -2.17. The number of aromatic nitrogens is 2. The number of rotatable bonds is 4. The van der Waals surface area contributed by atoms with Crippen molar-refractivity contribution in [2.45, 2.75) is 6.54 Å². The molecular weight excluding hydrogens is 216 g/mol. The van der Waals surface area contributed by atoms with Gasteiger partial charge in [-0.05, 0) is 18.2 Å². The van der Waals surface area contributed by atoms with Crippen LogP contribution < -0.4 is 15.8 Å². The predicted molar refractivity (Wildman–Crippen MR) is 67.9 cm³/mol. The van der Waals surface area contributed by atoms with E-state index < -0.39 is 0 Å². The van der Waals surface area contributed by atoms with E-state index in [1.807, 2.05) is 37.5 Å². The van der Waals surface area contributed by atoms with Crippen molar-refractivity contribution in [3.05, 3.63) is 36.2 Å². The summed E-state index contributed by atoms with van der Waals surface area (Å²) in [5.41, 5.74) is 8.33. The number of anilines is 2. The summed E-state index contributed by atoms with van der Waals surface area (Å²) < 4.78 is 6.94. The number of methoxy groups -OCH3 is 1. The average molecular weight is 232 g/mol. The minimum Gasteiger partial charge on any atom is -0.495 e. The zero-order chi connectivity index (χ0) is 12.3. The maximum absolute atomic E-state index is 5.74. The molecule has 1 heterocycles. The molecule has 0 radical (unpaired) electrons. The second-order valence-corrected chi connectivity index (χ2v) is 3.79. The number of ether oxygens (including phenoxy) is 1.